The molecule has 0 aromatic heterocycles. The molecular formula is C44H78O2. The molecule has 0 bridgehead atoms. The highest BCUT2D eigenvalue weighted by atomic mass is 16.5. The molecule has 0 radical (unpaired) electrons. The van der Waals surface area contributed by atoms with E-state index in [4.69, 9.17) is 4.74 Å². The van der Waals surface area contributed by atoms with Crippen molar-refractivity contribution in [1.82, 2.24) is 0 Å². The van der Waals surface area contributed by atoms with Crippen LogP contribution in [-0.2, 0) is 9.53 Å². The molecule has 4 aliphatic rings. The molecule has 3 fully saturated rings. The summed E-state index contributed by atoms with van der Waals surface area (Å²) < 4.78 is 6.13. The minimum atomic E-state index is 0.0646. The number of fused-ring (bicyclic) bond motifs is 5. The van der Waals surface area contributed by atoms with Gasteiger partial charge in [-0.05, 0) is 97.7 Å². The van der Waals surface area contributed by atoms with Crippen molar-refractivity contribution in [3.05, 3.63) is 11.6 Å². The first kappa shape index (κ1) is 38.0. The third kappa shape index (κ3) is 10.1. The van der Waals surface area contributed by atoms with Gasteiger partial charge in [0.1, 0.15) is 6.10 Å². The highest BCUT2D eigenvalue weighted by Crippen LogP contribution is 2.67. The minimum Gasteiger partial charge on any atom is -0.462 e. The second kappa shape index (κ2) is 18.8. The highest BCUT2D eigenvalue weighted by molar-refractivity contribution is 5.69. The molecule has 0 amide bonds. The predicted molar refractivity (Wildman–Crippen MR) is 198 cm³/mol. The maximum atomic E-state index is 12.8. The summed E-state index contributed by atoms with van der Waals surface area (Å²) in [6, 6.07) is 0. The largest absolute Gasteiger partial charge is 0.462 e. The van der Waals surface area contributed by atoms with Crippen LogP contribution in [0.2, 0.25) is 0 Å². The zero-order chi connectivity index (χ0) is 33.0. The summed E-state index contributed by atoms with van der Waals surface area (Å²) in [6.07, 6.45) is 36.9. The minimum absolute atomic E-state index is 0.0646. The monoisotopic (exact) mass is 639 g/mol. The fourth-order valence-corrected chi connectivity index (χ4v) is 11.5. The van der Waals surface area contributed by atoms with E-state index in [0.717, 1.165) is 54.8 Å². The molecule has 46 heavy (non-hydrogen) atoms. The summed E-state index contributed by atoms with van der Waals surface area (Å²) in [7, 11) is 0. The average molecular weight is 639 g/mol. The van der Waals surface area contributed by atoms with E-state index in [1.807, 2.05) is 0 Å². The van der Waals surface area contributed by atoms with Crippen LogP contribution < -0.4 is 0 Å². The van der Waals surface area contributed by atoms with Crippen LogP contribution in [0.4, 0.5) is 0 Å². The second-order valence-corrected chi connectivity index (χ2v) is 18.0. The van der Waals surface area contributed by atoms with Crippen LogP contribution in [0.1, 0.15) is 208 Å². The fourth-order valence-electron chi connectivity index (χ4n) is 11.5. The first-order valence-electron chi connectivity index (χ1n) is 21.1. The lowest BCUT2D eigenvalue weighted by Gasteiger charge is -2.58. The number of rotatable bonds is 21. The molecule has 2 heteroatoms. The second-order valence-electron chi connectivity index (χ2n) is 18.0. The Morgan fingerprint density at radius 1 is 0.761 bits per heavy atom. The van der Waals surface area contributed by atoms with E-state index in [2.05, 4.69) is 47.6 Å². The molecule has 2 nitrogen and oxygen atoms in total. The van der Waals surface area contributed by atoms with Crippen LogP contribution in [0.5, 0.6) is 0 Å². The smallest absolute Gasteiger partial charge is 0.306 e. The van der Waals surface area contributed by atoms with Gasteiger partial charge in [0.05, 0.1) is 0 Å². The summed E-state index contributed by atoms with van der Waals surface area (Å²) in [6.45, 7) is 15.0. The zero-order valence-corrected chi connectivity index (χ0v) is 31.8. The van der Waals surface area contributed by atoms with Gasteiger partial charge in [0.15, 0.2) is 0 Å². The summed E-state index contributed by atoms with van der Waals surface area (Å²) >= 11 is 0. The molecule has 0 spiro atoms. The molecule has 0 aliphatic heterocycles. The van der Waals surface area contributed by atoms with Crippen LogP contribution in [0.3, 0.4) is 0 Å². The molecule has 0 aromatic carbocycles. The predicted octanol–water partition coefficient (Wildman–Crippen LogP) is 13.8. The van der Waals surface area contributed by atoms with Crippen molar-refractivity contribution < 1.29 is 9.53 Å². The number of hydrogen-bond donors (Lipinski definition) is 0. The van der Waals surface area contributed by atoms with E-state index in [0.29, 0.717) is 17.3 Å². The lowest BCUT2D eigenvalue weighted by atomic mass is 9.47. The van der Waals surface area contributed by atoms with Crippen molar-refractivity contribution in [2.24, 2.45) is 46.3 Å². The maximum absolute atomic E-state index is 12.8. The molecular weight excluding hydrogens is 560 g/mol. The van der Waals surface area contributed by atoms with Crippen LogP contribution in [-0.4, -0.2) is 12.1 Å². The zero-order valence-electron chi connectivity index (χ0n) is 31.8. The normalized spacial score (nSPS) is 32.8. The van der Waals surface area contributed by atoms with Crippen LogP contribution in [0.25, 0.3) is 0 Å². The molecule has 3 saturated carbocycles. The standard InChI is InChI=1S/C44H78O2/c1-7-8-9-10-11-12-13-14-15-16-17-18-19-20-24-42(45)46-37-29-31-43(5)36(33-37)25-26-38-40-28-27-39(35(4)23-21-22-34(2)3)44(40,6)32-30-41(38)43/h25,34-35,37-41H,7-24,26-33H2,1-6H3/t35-,37-,38-,39+,40-,41-,43-,44+/m0/s1. The fraction of sp³-hybridized carbons (Fsp3) is 0.932. The first-order chi connectivity index (χ1) is 22.2. The van der Waals surface area contributed by atoms with Gasteiger partial charge < -0.3 is 4.74 Å². The molecule has 8 atom stereocenters. The summed E-state index contributed by atoms with van der Waals surface area (Å²) in [5.74, 6) is 5.34. The van der Waals surface area contributed by atoms with E-state index in [9.17, 15) is 4.79 Å². The van der Waals surface area contributed by atoms with E-state index >= 15 is 0 Å². The average Bonchev–Trinajstić information content (AvgIpc) is 3.38. The molecule has 4 aliphatic carbocycles. The van der Waals surface area contributed by atoms with Crippen LogP contribution >= 0.6 is 0 Å². The Bertz CT molecular complexity index is 919. The molecule has 0 saturated heterocycles. The van der Waals surface area contributed by atoms with E-state index in [-0.39, 0.29) is 12.1 Å². The van der Waals surface area contributed by atoms with Crippen LogP contribution in [0, 0.1) is 46.3 Å². The van der Waals surface area contributed by atoms with Crippen molar-refractivity contribution in [3.8, 4) is 0 Å². The molecule has 0 aromatic rings. The number of unbranched alkanes of at least 4 members (excludes halogenated alkanes) is 13. The maximum Gasteiger partial charge on any atom is 0.306 e. The number of allylic oxidation sites excluding steroid dienone is 1. The Hall–Kier alpha value is -0.790. The topological polar surface area (TPSA) is 26.3 Å². The van der Waals surface area contributed by atoms with Gasteiger partial charge in [-0.25, -0.2) is 0 Å². The third-order valence-electron chi connectivity index (χ3n) is 14.3. The summed E-state index contributed by atoms with van der Waals surface area (Å²) in [4.78, 5) is 12.8. The quantitative estimate of drug-likeness (QED) is 0.0710. The summed E-state index contributed by atoms with van der Waals surface area (Å²) in [5.41, 5.74) is 2.54. The van der Waals surface area contributed by atoms with Crippen molar-refractivity contribution in [2.75, 3.05) is 0 Å². The molecule has 0 N–H and O–H groups in total. The van der Waals surface area contributed by atoms with Gasteiger partial charge in [-0.3, -0.25) is 4.79 Å². The molecule has 4 rings (SSSR count). The van der Waals surface area contributed by atoms with Gasteiger partial charge in [0, 0.05) is 12.8 Å². The Kier molecular flexibility index (Phi) is 15.6. The van der Waals surface area contributed by atoms with E-state index < -0.39 is 0 Å². The first-order valence-corrected chi connectivity index (χ1v) is 21.1. The number of hydrogen-bond acceptors (Lipinski definition) is 2. The molecule has 0 unspecified atom stereocenters. The van der Waals surface area contributed by atoms with Crippen molar-refractivity contribution in [3.63, 3.8) is 0 Å². The lowest BCUT2D eigenvalue weighted by Crippen LogP contribution is -2.51. The van der Waals surface area contributed by atoms with E-state index in [1.54, 1.807) is 5.57 Å². The van der Waals surface area contributed by atoms with Gasteiger partial charge in [0.2, 0.25) is 0 Å². The van der Waals surface area contributed by atoms with Crippen molar-refractivity contribution in [2.45, 2.75) is 215 Å². The van der Waals surface area contributed by atoms with Gasteiger partial charge >= 0.3 is 5.97 Å². The van der Waals surface area contributed by atoms with E-state index in [1.165, 1.54) is 141 Å². The Morgan fingerprint density at radius 2 is 1.39 bits per heavy atom. The molecule has 266 valence electrons. The SMILES string of the molecule is CCCCCCCCCCCCCCCCC(=O)O[C@H]1CC[C@@]2(C)C(=CC[C@H]3[C@@H]4CC[C@H]([C@@H](C)CCCC(C)C)[C@@]4(C)CC[C@@H]32)C1. The van der Waals surface area contributed by atoms with Gasteiger partial charge in [-0.1, -0.05) is 156 Å². The Labute approximate surface area is 287 Å². The van der Waals surface area contributed by atoms with Crippen molar-refractivity contribution >= 4 is 5.97 Å². The van der Waals surface area contributed by atoms with Crippen molar-refractivity contribution in [1.29, 1.82) is 0 Å². The third-order valence-corrected chi connectivity index (χ3v) is 14.3. The number of ether oxygens (including phenoxy) is 1. The summed E-state index contributed by atoms with van der Waals surface area (Å²) in [5, 5.41) is 0. The van der Waals surface area contributed by atoms with Crippen LogP contribution in [0.15, 0.2) is 11.6 Å². The lowest BCUT2D eigenvalue weighted by molar-refractivity contribution is -0.151. The number of esters is 1. The molecule has 0 heterocycles. The number of carbonyl (C=O) groups is 1. The van der Waals surface area contributed by atoms with Gasteiger partial charge in [-0.2, -0.15) is 0 Å². The van der Waals surface area contributed by atoms with Gasteiger partial charge in [-0.15, -0.1) is 0 Å². The Morgan fingerprint density at radius 3 is 2.02 bits per heavy atom. The van der Waals surface area contributed by atoms with Gasteiger partial charge in [0.25, 0.3) is 0 Å². The Balaban J connectivity index is 1.12. The highest BCUT2D eigenvalue weighted by Gasteiger charge is 2.59. The number of carbonyl (C=O) groups excluding carboxylic acids is 1.